The highest BCUT2D eigenvalue weighted by Gasteiger charge is 2.15. The Morgan fingerprint density at radius 3 is 2.55 bits per heavy atom. The van der Waals surface area contributed by atoms with Gasteiger partial charge in [0.15, 0.2) is 0 Å². The monoisotopic (exact) mass is 399 g/mol. The third kappa shape index (κ3) is 6.71. The molecule has 0 saturated heterocycles. The number of methoxy groups -OCH3 is 1. The standard InChI is InChI=1S/C23H26FNO4/c1-27-23-7-3-2-5-19(23)14-25(13-18-8-10-20(24)11-9-18)15-21(26)16-28-17-22-6-4-12-29-22/h2-12,21,26H,13-17H2,1H3/t21-/m0/s1. The molecule has 5 nitrogen and oxygen atoms in total. The highest BCUT2D eigenvalue weighted by molar-refractivity contribution is 5.33. The fourth-order valence-electron chi connectivity index (χ4n) is 3.15. The molecule has 0 aliphatic carbocycles. The van der Waals surface area contributed by atoms with Crippen molar-refractivity contribution < 1.29 is 23.4 Å². The van der Waals surface area contributed by atoms with Gasteiger partial charge in [-0.2, -0.15) is 0 Å². The van der Waals surface area contributed by atoms with Crippen molar-refractivity contribution in [1.82, 2.24) is 4.90 Å². The molecule has 1 atom stereocenters. The van der Waals surface area contributed by atoms with Crippen molar-refractivity contribution >= 4 is 0 Å². The average Bonchev–Trinajstić information content (AvgIpc) is 3.23. The van der Waals surface area contributed by atoms with E-state index in [1.165, 1.54) is 12.1 Å². The van der Waals surface area contributed by atoms with E-state index in [0.717, 1.165) is 22.6 Å². The maximum absolute atomic E-state index is 13.2. The molecule has 0 aliphatic heterocycles. The van der Waals surface area contributed by atoms with Gasteiger partial charge in [-0.05, 0) is 35.9 Å². The van der Waals surface area contributed by atoms with E-state index in [0.29, 0.717) is 26.2 Å². The van der Waals surface area contributed by atoms with Crippen molar-refractivity contribution in [3.8, 4) is 5.75 Å². The number of rotatable bonds is 11. The van der Waals surface area contributed by atoms with Crippen LogP contribution in [0.4, 0.5) is 4.39 Å². The summed E-state index contributed by atoms with van der Waals surface area (Å²) in [6, 6.07) is 17.8. The van der Waals surface area contributed by atoms with Gasteiger partial charge >= 0.3 is 0 Å². The summed E-state index contributed by atoms with van der Waals surface area (Å²) < 4.78 is 29.5. The lowest BCUT2D eigenvalue weighted by Crippen LogP contribution is -2.34. The molecule has 0 amide bonds. The van der Waals surface area contributed by atoms with Crippen LogP contribution in [0.5, 0.6) is 5.75 Å². The van der Waals surface area contributed by atoms with Crippen molar-refractivity contribution in [2.45, 2.75) is 25.8 Å². The largest absolute Gasteiger partial charge is 0.496 e. The zero-order chi connectivity index (χ0) is 20.5. The molecule has 0 unspecified atom stereocenters. The van der Waals surface area contributed by atoms with Crippen LogP contribution in [-0.4, -0.2) is 36.4 Å². The minimum atomic E-state index is -0.680. The second-order valence-corrected chi connectivity index (χ2v) is 6.86. The van der Waals surface area contributed by atoms with Crippen LogP contribution in [0.25, 0.3) is 0 Å². The molecule has 0 aliphatic rings. The second kappa shape index (κ2) is 10.8. The Bertz CT molecular complexity index is 852. The molecule has 3 aromatic rings. The number of hydrogen-bond acceptors (Lipinski definition) is 5. The number of para-hydroxylation sites is 1. The van der Waals surface area contributed by atoms with E-state index < -0.39 is 6.10 Å². The molecule has 0 spiro atoms. The molecule has 1 aromatic heterocycles. The summed E-state index contributed by atoms with van der Waals surface area (Å²) in [6.45, 7) is 2.04. The van der Waals surface area contributed by atoms with E-state index >= 15 is 0 Å². The maximum Gasteiger partial charge on any atom is 0.129 e. The Morgan fingerprint density at radius 1 is 1.03 bits per heavy atom. The smallest absolute Gasteiger partial charge is 0.129 e. The van der Waals surface area contributed by atoms with Crippen molar-refractivity contribution in [2.24, 2.45) is 0 Å². The highest BCUT2D eigenvalue weighted by Crippen LogP contribution is 2.21. The zero-order valence-electron chi connectivity index (χ0n) is 16.5. The van der Waals surface area contributed by atoms with Crippen LogP contribution >= 0.6 is 0 Å². The summed E-state index contributed by atoms with van der Waals surface area (Å²) in [7, 11) is 1.64. The number of aliphatic hydroxyl groups is 1. The maximum atomic E-state index is 13.2. The van der Waals surface area contributed by atoms with Crippen LogP contribution in [0.3, 0.4) is 0 Å². The van der Waals surface area contributed by atoms with E-state index in [-0.39, 0.29) is 12.4 Å². The van der Waals surface area contributed by atoms with E-state index in [4.69, 9.17) is 13.9 Å². The molecule has 154 valence electrons. The summed E-state index contributed by atoms with van der Waals surface area (Å²) in [5, 5.41) is 10.5. The summed E-state index contributed by atoms with van der Waals surface area (Å²) in [6.07, 6.45) is 0.910. The molecule has 2 aromatic carbocycles. The Morgan fingerprint density at radius 2 is 1.83 bits per heavy atom. The number of halogens is 1. The molecule has 0 fully saturated rings. The predicted molar refractivity (Wildman–Crippen MR) is 108 cm³/mol. The van der Waals surface area contributed by atoms with Gasteiger partial charge in [-0.15, -0.1) is 0 Å². The first-order chi connectivity index (χ1) is 14.1. The lowest BCUT2D eigenvalue weighted by atomic mass is 10.1. The minimum absolute atomic E-state index is 0.187. The van der Waals surface area contributed by atoms with Gasteiger partial charge in [-0.25, -0.2) is 4.39 Å². The molecule has 3 rings (SSSR count). The summed E-state index contributed by atoms with van der Waals surface area (Å²) >= 11 is 0. The first-order valence-corrected chi connectivity index (χ1v) is 9.51. The molecular formula is C23H26FNO4. The Kier molecular flexibility index (Phi) is 7.81. The summed E-state index contributed by atoms with van der Waals surface area (Å²) in [4.78, 5) is 2.09. The first kappa shape index (κ1) is 21.0. The van der Waals surface area contributed by atoms with Crippen LogP contribution in [0.2, 0.25) is 0 Å². The van der Waals surface area contributed by atoms with Gasteiger partial charge in [-0.3, -0.25) is 4.90 Å². The summed E-state index contributed by atoms with van der Waals surface area (Å²) in [5.74, 6) is 1.24. The number of benzene rings is 2. The van der Waals surface area contributed by atoms with Crippen molar-refractivity contribution in [1.29, 1.82) is 0 Å². The fourth-order valence-corrected chi connectivity index (χ4v) is 3.15. The van der Waals surface area contributed by atoms with Gasteiger partial charge in [-0.1, -0.05) is 30.3 Å². The average molecular weight is 399 g/mol. The van der Waals surface area contributed by atoms with E-state index in [2.05, 4.69) is 4.90 Å². The van der Waals surface area contributed by atoms with Gasteiger partial charge in [0.25, 0.3) is 0 Å². The lowest BCUT2D eigenvalue weighted by molar-refractivity contribution is 0.00243. The minimum Gasteiger partial charge on any atom is -0.496 e. The molecule has 29 heavy (non-hydrogen) atoms. The highest BCUT2D eigenvalue weighted by atomic mass is 19.1. The number of ether oxygens (including phenoxy) is 2. The van der Waals surface area contributed by atoms with Crippen LogP contribution in [0.15, 0.2) is 71.3 Å². The summed E-state index contributed by atoms with van der Waals surface area (Å²) in [5.41, 5.74) is 1.98. The van der Waals surface area contributed by atoms with Crippen molar-refractivity contribution in [3.63, 3.8) is 0 Å². The Labute approximate surface area is 170 Å². The number of hydrogen-bond donors (Lipinski definition) is 1. The third-order valence-corrected chi connectivity index (χ3v) is 4.51. The van der Waals surface area contributed by atoms with Gasteiger partial charge in [0.05, 0.1) is 26.1 Å². The van der Waals surface area contributed by atoms with Crippen LogP contribution in [-0.2, 0) is 24.4 Å². The molecule has 6 heteroatoms. The molecule has 1 heterocycles. The Hall–Kier alpha value is -2.67. The van der Waals surface area contributed by atoms with Gasteiger partial charge in [0.2, 0.25) is 0 Å². The quantitative estimate of drug-likeness (QED) is 0.528. The van der Waals surface area contributed by atoms with Gasteiger partial charge in [0, 0.05) is 25.2 Å². The zero-order valence-corrected chi connectivity index (χ0v) is 16.5. The van der Waals surface area contributed by atoms with E-state index in [1.54, 1.807) is 31.6 Å². The van der Waals surface area contributed by atoms with Crippen LogP contribution in [0.1, 0.15) is 16.9 Å². The topological polar surface area (TPSA) is 55.1 Å². The third-order valence-electron chi connectivity index (χ3n) is 4.51. The fraction of sp³-hybridized carbons (Fsp3) is 0.304. The normalized spacial score (nSPS) is 12.3. The van der Waals surface area contributed by atoms with Gasteiger partial charge < -0.3 is 19.0 Å². The number of aliphatic hydroxyl groups excluding tert-OH is 1. The molecular weight excluding hydrogens is 373 g/mol. The second-order valence-electron chi connectivity index (χ2n) is 6.86. The first-order valence-electron chi connectivity index (χ1n) is 9.51. The van der Waals surface area contributed by atoms with Crippen LogP contribution < -0.4 is 4.74 Å². The van der Waals surface area contributed by atoms with Crippen LogP contribution in [0, 0.1) is 5.82 Å². The van der Waals surface area contributed by atoms with E-state index in [1.807, 2.05) is 30.3 Å². The predicted octanol–water partition coefficient (Wildman–Crippen LogP) is 4.01. The van der Waals surface area contributed by atoms with Crippen molar-refractivity contribution in [2.75, 3.05) is 20.3 Å². The lowest BCUT2D eigenvalue weighted by Gasteiger charge is -2.26. The molecule has 0 radical (unpaired) electrons. The van der Waals surface area contributed by atoms with Crippen molar-refractivity contribution in [3.05, 3.63) is 89.6 Å². The number of nitrogens with zero attached hydrogens (tertiary/aromatic N) is 1. The number of furan rings is 1. The van der Waals surface area contributed by atoms with E-state index in [9.17, 15) is 9.50 Å². The Balaban J connectivity index is 1.63. The molecule has 0 bridgehead atoms. The molecule has 1 N–H and O–H groups in total. The SMILES string of the molecule is COc1ccccc1CN(Cc1ccc(F)cc1)C[C@H](O)COCc1ccco1. The van der Waals surface area contributed by atoms with Gasteiger partial charge in [0.1, 0.15) is 23.9 Å². The molecule has 0 saturated carbocycles.